The fraction of sp³-hybridized carbons (Fsp3) is 0.111. The Bertz CT molecular complexity index is 483. The summed E-state index contributed by atoms with van der Waals surface area (Å²) >= 11 is 3.42. The number of methoxy groups -OCH3 is 1. The fourth-order valence-electron chi connectivity index (χ4n) is 1.19. The molecule has 0 aliphatic rings. The summed E-state index contributed by atoms with van der Waals surface area (Å²) in [6.45, 7) is 0. The first-order valence-electron chi connectivity index (χ1n) is 4.22. The van der Waals surface area contributed by atoms with Gasteiger partial charge in [-0.25, -0.2) is 4.68 Å². The van der Waals surface area contributed by atoms with Crippen LogP contribution in [-0.4, -0.2) is 22.1 Å². The van der Waals surface area contributed by atoms with Gasteiger partial charge in [-0.15, -0.1) is 5.10 Å². The lowest BCUT2D eigenvalue weighted by molar-refractivity contribution is 0.414. The Morgan fingerprint density at radius 2 is 2.27 bits per heavy atom. The molecule has 0 radical (unpaired) electrons. The van der Waals surface area contributed by atoms with Gasteiger partial charge in [0.1, 0.15) is 5.75 Å². The van der Waals surface area contributed by atoms with Gasteiger partial charge in [-0.3, -0.25) is 0 Å². The van der Waals surface area contributed by atoms with Crippen molar-refractivity contribution in [1.29, 1.82) is 0 Å². The van der Waals surface area contributed by atoms with E-state index in [9.17, 15) is 0 Å². The molecule has 0 unspecified atom stereocenters. The smallest absolute Gasteiger partial charge is 0.166 e. The van der Waals surface area contributed by atoms with Gasteiger partial charge in [-0.2, -0.15) is 0 Å². The normalized spacial score (nSPS) is 10.3. The number of ether oxygens (including phenoxy) is 1. The first-order chi connectivity index (χ1) is 7.20. The van der Waals surface area contributed by atoms with Crippen LogP contribution in [0.2, 0.25) is 0 Å². The Morgan fingerprint density at radius 3 is 2.87 bits per heavy atom. The van der Waals surface area contributed by atoms with Crippen LogP contribution in [0.5, 0.6) is 5.75 Å². The summed E-state index contributed by atoms with van der Waals surface area (Å²) in [6.07, 6.45) is 1.64. The molecular weight excluding hydrogens is 260 g/mol. The van der Waals surface area contributed by atoms with E-state index < -0.39 is 0 Å². The highest BCUT2D eigenvalue weighted by Crippen LogP contribution is 2.25. The van der Waals surface area contributed by atoms with Crippen molar-refractivity contribution >= 4 is 21.7 Å². The van der Waals surface area contributed by atoms with E-state index in [0.29, 0.717) is 5.82 Å². The van der Waals surface area contributed by atoms with Gasteiger partial charge < -0.3 is 10.5 Å². The van der Waals surface area contributed by atoms with Crippen molar-refractivity contribution in [2.45, 2.75) is 0 Å². The highest BCUT2D eigenvalue weighted by atomic mass is 79.9. The maximum Gasteiger partial charge on any atom is 0.166 e. The van der Waals surface area contributed by atoms with Gasteiger partial charge in [-0.1, -0.05) is 5.21 Å². The Balaban J connectivity index is 2.51. The first kappa shape index (κ1) is 9.97. The predicted octanol–water partition coefficient (Wildman–Crippen LogP) is 1.62. The number of nitrogens with zero attached hydrogens (tertiary/aromatic N) is 3. The molecule has 0 bridgehead atoms. The van der Waals surface area contributed by atoms with E-state index in [4.69, 9.17) is 10.5 Å². The molecule has 15 heavy (non-hydrogen) atoms. The number of anilines is 1. The molecule has 0 aliphatic heterocycles. The molecule has 6 heteroatoms. The summed E-state index contributed by atoms with van der Waals surface area (Å²) in [5.74, 6) is 1.13. The number of halogens is 1. The second kappa shape index (κ2) is 3.90. The van der Waals surface area contributed by atoms with Gasteiger partial charge in [0.25, 0.3) is 0 Å². The van der Waals surface area contributed by atoms with Crippen molar-refractivity contribution in [3.63, 3.8) is 0 Å². The number of nitrogen functional groups attached to an aromatic ring is 1. The minimum atomic E-state index is 0.379. The molecular formula is C9H9BrN4O. The third kappa shape index (κ3) is 1.94. The molecule has 78 valence electrons. The SMILES string of the molecule is COc1ccc(Br)c(-n2cc(N)nn2)c1. The maximum atomic E-state index is 5.50. The average molecular weight is 269 g/mol. The lowest BCUT2D eigenvalue weighted by Crippen LogP contribution is -1.97. The molecule has 0 fully saturated rings. The molecule has 5 nitrogen and oxygen atoms in total. The molecule has 1 aromatic carbocycles. The van der Waals surface area contributed by atoms with Gasteiger partial charge >= 0.3 is 0 Å². The van der Waals surface area contributed by atoms with Crippen LogP contribution < -0.4 is 10.5 Å². The molecule has 0 amide bonds. The van der Waals surface area contributed by atoms with E-state index in [1.807, 2.05) is 18.2 Å². The summed E-state index contributed by atoms with van der Waals surface area (Å²) < 4.78 is 7.61. The zero-order valence-electron chi connectivity index (χ0n) is 8.01. The third-order valence-electron chi connectivity index (χ3n) is 1.91. The molecule has 1 aromatic heterocycles. The third-order valence-corrected chi connectivity index (χ3v) is 2.58. The van der Waals surface area contributed by atoms with Crippen molar-refractivity contribution in [2.24, 2.45) is 0 Å². The van der Waals surface area contributed by atoms with Crippen LogP contribution >= 0.6 is 15.9 Å². The lowest BCUT2D eigenvalue weighted by atomic mass is 10.3. The largest absolute Gasteiger partial charge is 0.497 e. The minimum Gasteiger partial charge on any atom is -0.497 e. The Morgan fingerprint density at radius 1 is 1.47 bits per heavy atom. The number of nitrogens with two attached hydrogens (primary N) is 1. The molecule has 2 aromatic rings. The molecule has 2 rings (SSSR count). The summed E-state index contributed by atoms with van der Waals surface area (Å²) in [5.41, 5.74) is 6.33. The van der Waals surface area contributed by atoms with E-state index in [1.165, 1.54) is 0 Å². The van der Waals surface area contributed by atoms with E-state index in [0.717, 1.165) is 15.9 Å². The quantitative estimate of drug-likeness (QED) is 0.899. The van der Waals surface area contributed by atoms with E-state index in [-0.39, 0.29) is 0 Å². The molecule has 1 heterocycles. The van der Waals surface area contributed by atoms with Crippen molar-refractivity contribution in [1.82, 2.24) is 15.0 Å². The van der Waals surface area contributed by atoms with Gasteiger partial charge in [0, 0.05) is 10.5 Å². The van der Waals surface area contributed by atoms with Crippen molar-refractivity contribution in [2.75, 3.05) is 12.8 Å². The van der Waals surface area contributed by atoms with Gasteiger partial charge in [0.15, 0.2) is 5.82 Å². The molecule has 0 aliphatic carbocycles. The second-order valence-electron chi connectivity index (χ2n) is 2.91. The standard InChI is InChI=1S/C9H9BrN4O/c1-15-6-2-3-7(10)8(4-6)14-5-9(11)12-13-14/h2-5H,11H2,1H3. The summed E-state index contributed by atoms with van der Waals surface area (Å²) in [6, 6.07) is 5.58. The monoisotopic (exact) mass is 268 g/mol. The van der Waals surface area contributed by atoms with E-state index >= 15 is 0 Å². The second-order valence-corrected chi connectivity index (χ2v) is 3.76. The minimum absolute atomic E-state index is 0.379. The number of rotatable bonds is 2. The Kier molecular flexibility index (Phi) is 2.59. The van der Waals surface area contributed by atoms with Gasteiger partial charge in [-0.05, 0) is 28.1 Å². The zero-order valence-corrected chi connectivity index (χ0v) is 9.60. The molecule has 0 spiro atoms. The van der Waals surface area contributed by atoms with E-state index in [1.54, 1.807) is 18.0 Å². The van der Waals surface area contributed by atoms with Crippen LogP contribution in [0.4, 0.5) is 5.82 Å². The lowest BCUT2D eigenvalue weighted by Gasteiger charge is -2.05. The topological polar surface area (TPSA) is 66.0 Å². The highest BCUT2D eigenvalue weighted by Gasteiger charge is 2.06. The number of benzene rings is 1. The maximum absolute atomic E-state index is 5.50. The first-order valence-corrected chi connectivity index (χ1v) is 5.02. The predicted molar refractivity (Wildman–Crippen MR) is 60.0 cm³/mol. The average Bonchev–Trinajstić information content (AvgIpc) is 2.65. The van der Waals surface area contributed by atoms with Crippen LogP contribution in [0, 0.1) is 0 Å². The number of aromatic nitrogens is 3. The van der Waals surface area contributed by atoms with Gasteiger partial charge in [0.2, 0.25) is 0 Å². The molecule has 0 saturated heterocycles. The number of hydrogen-bond acceptors (Lipinski definition) is 4. The summed E-state index contributed by atoms with van der Waals surface area (Å²) in [4.78, 5) is 0. The van der Waals surface area contributed by atoms with Crippen molar-refractivity contribution < 1.29 is 4.74 Å². The van der Waals surface area contributed by atoms with Crippen LogP contribution in [0.25, 0.3) is 5.69 Å². The Hall–Kier alpha value is -1.56. The molecule has 0 saturated carbocycles. The zero-order chi connectivity index (χ0) is 10.8. The van der Waals surface area contributed by atoms with E-state index in [2.05, 4.69) is 26.2 Å². The summed E-state index contributed by atoms with van der Waals surface area (Å²) in [5, 5.41) is 7.60. The summed E-state index contributed by atoms with van der Waals surface area (Å²) in [7, 11) is 1.61. The van der Waals surface area contributed by atoms with Crippen LogP contribution in [0.1, 0.15) is 0 Å². The Labute approximate surface area is 95.0 Å². The van der Waals surface area contributed by atoms with Crippen LogP contribution in [0.3, 0.4) is 0 Å². The fourth-order valence-corrected chi connectivity index (χ4v) is 1.62. The van der Waals surface area contributed by atoms with Crippen molar-refractivity contribution in [3.05, 3.63) is 28.9 Å². The number of hydrogen-bond donors (Lipinski definition) is 1. The van der Waals surface area contributed by atoms with Gasteiger partial charge in [0.05, 0.1) is 19.0 Å². The van der Waals surface area contributed by atoms with Crippen molar-refractivity contribution in [3.8, 4) is 11.4 Å². The van der Waals surface area contributed by atoms with Crippen LogP contribution in [-0.2, 0) is 0 Å². The highest BCUT2D eigenvalue weighted by molar-refractivity contribution is 9.10. The molecule has 2 N–H and O–H groups in total. The molecule has 0 atom stereocenters. The van der Waals surface area contributed by atoms with Crippen LogP contribution in [0.15, 0.2) is 28.9 Å².